The van der Waals surface area contributed by atoms with Crippen LogP contribution in [0.3, 0.4) is 0 Å². The number of likely N-dealkylation sites (N-methyl/N-ethyl adjacent to an activating group) is 1. The number of ether oxygens (including phenoxy) is 1. The first-order valence-corrected chi connectivity index (χ1v) is 5.79. The van der Waals surface area contributed by atoms with Gasteiger partial charge in [0.15, 0.2) is 0 Å². The summed E-state index contributed by atoms with van der Waals surface area (Å²) in [5, 5.41) is 3.22. The molecule has 0 aliphatic heterocycles. The van der Waals surface area contributed by atoms with Gasteiger partial charge in [-0.25, -0.2) is 0 Å². The van der Waals surface area contributed by atoms with E-state index in [-0.39, 0.29) is 12.4 Å². The molecule has 2 nitrogen and oxygen atoms in total. The van der Waals surface area contributed by atoms with Gasteiger partial charge in [0.05, 0.1) is 0 Å². The lowest BCUT2D eigenvalue weighted by atomic mass is 10.1. The lowest BCUT2D eigenvalue weighted by Crippen LogP contribution is -2.11. The highest BCUT2D eigenvalue weighted by atomic mass is 35.5. The summed E-state index contributed by atoms with van der Waals surface area (Å²) < 4.78 is 5.66. The van der Waals surface area contributed by atoms with Gasteiger partial charge in [0.1, 0.15) is 12.4 Å². The van der Waals surface area contributed by atoms with Crippen LogP contribution in [0.15, 0.2) is 30.4 Å². The van der Waals surface area contributed by atoms with Crippen LogP contribution in [-0.2, 0) is 0 Å². The summed E-state index contributed by atoms with van der Waals surface area (Å²) in [5.41, 5.74) is 2.47. The number of aryl methyl sites for hydroxylation is 2. The standard InChI is InChI=1S/C14H21NO.ClH/c1-4-15-9-5-6-10-16-14-8-7-12(2)11-13(14)3;/h5-8,11,15H,4,9-10H2,1-3H3;1H. The number of hydrogen-bond donors (Lipinski definition) is 1. The fourth-order valence-electron chi connectivity index (χ4n) is 1.48. The molecule has 1 aromatic rings. The van der Waals surface area contributed by atoms with Crippen LogP contribution in [0.1, 0.15) is 18.1 Å². The minimum Gasteiger partial charge on any atom is -0.489 e. The molecule has 0 aliphatic rings. The maximum atomic E-state index is 5.66. The lowest BCUT2D eigenvalue weighted by Gasteiger charge is -2.07. The van der Waals surface area contributed by atoms with E-state index < -0.39 is 0 Å². The van der Waals surface area contributed by atoms with Crippen molar-refractivity contribution in [3.05, 3.63) is 41.5 Å². The molecule has 96 valence electrons. The van der Waals surface area contributed by atoms with Gasteiger partial charge in [-0.15, -0.1) is 12.4 Å². The molecule has 0 fully saturated rings. The van der Waals surface area contributed by atoms with Crippen molar-refractivity contribution >= 4 is 12.4 Å². The fourth-order valence-corrected chi connectivity index (χ4v) is 1.48. The van der Waals surface area contributed by atoms with Gasteiger partial charge in [-0.2, -0.15) is 0 Å². The summed E-state index contributed by atoms with van der Waals surface area (Å²) >= 11 is 0. The SMILES string of the molecule is CCNCC=CCOc1ccc(C)cc1C.Cl. The third-order valence-corrected chi connectivity index (χ3v) is 2.34. The van der Waals surface area contributed by atoms with E-state index in [4.69, 9.17) is 4.74 Å². The molecular weight excluding hydrogens is 234 g/mol. The smallest absolute Gasteiger partial charge is 0.122 e. The molecule has 0 unspecified atom stereocenters. The van der Waals surface area contributed by atoms with E-state index >= 15 is 0 Å². The molecule has 0 saturated heterocycles. The van der Waals surface area contributed by atoms with Crippen LogP contribution in [0.4, 0.5) is 0 Å². The lowest BCUT2D eigenvalue weighted by molar-refractivity contribution is 0.360. The fraction of sp³-hybridized carbons (Fsp3) is 0.429. The molecule has 0 spiro atoms. The van der Waals surface area contributed by atoms with Crippen molar-refractivity contribution in [2.45, 2.75) is 20.8 Å². The highest BCUT2D eigenvalue weighted by molar-refractivity contribution is 5.85. The maximum absolute atomic E-state index is 5.66. The van der Waals surface area contributed by atoms with Crippen LogP contribution >= 0.6 is 12.4 Å². The second-order valence-electron chi connectivity index (χ2n) is 3.86. The van der Waals surface area contributed by atoms with Crippen LogP contribution in [0.25, 0.3) is 0 Å². The van der Waals surface area contributed by atoms with Gasteiger partial charge in [-0.1, -0.05) is 36.8 Å². The van der Waals surface area contributed by atoms with Crippen molar-refractivity contribution in [3.63, 3.8) is 0 Å². The maximum Gasteiger partial charge on any atom is 0.122 e. The summed E-state index contributed by atoms with van der Waals surface area (Å²) in [7, 11) is 0. The summed E-state index contributed by atoms with van der Waals surface area (Å²) in [6.45, 7) is 8.81. The first-order valence-electron chi connectivity index (χ1n) is 5.79. The van der Waals surface area contributed by atoms with Crippen LogP contribution in [0.5, 0.6) is 5.75 Å². The Balaban J connectivity index is 0.00000256. The van der Waals surface area contributed by atoms with Crippen LogP contribution in [0.2, 0.25) is 0 Å². The summed E-state index contributed by atoms with van der Waals surface area (Å²) in [5.74, 6) is 0.971. The average Bonchev–Trinajstić information content (AvgIpc) is 2.26. The zero-order chi connectivity index (χ0) is 11.8. The molecule has 0 saturated carbocycles. The Morgan fingerprint density at radius 1 is 1.24 bits per heavy atom. The quantitative estimate of drug-likeness (QED) is 0.622. The van der Waals surface area contributed by atoms with E-state index in [2.05, 4.69) is 44.3 Å². The number of benzene rings is 1. The second kappa shape index (κ2) is 9.08. The summed E-state index contributed by atoms with van der Waals surface area (Å²) in [6, 6.07) is 6.24. The Bertz CT molecular complexity index is 350. The number of hydrogen-bond acceptors (Lipinski definition) is 2. The van der Waals surface area contributed by atoms with Gasteiger partial charge in [0.25, 0.3) is 0 Å². The van der Waals surface area contributed by atoms with E-state index in [1.54, 1.807) is 0 Å². The van der Waals surface area contributed by atoms with E-state index in [1.807, 2.05) is 12.1 Å². The summed E-state index contributed by atoms with van der Waals surface area (Å²) in [6.07, 6.45) is 4.13. The molecule has 3 heteroatoms. The Labute approximate surface area is 110 Å². The minimum absolute atomic E-state index is 0. The zero-order valence-corrected chi connectivity index (χ0v) is 11.6. The van der Waals surface area contributed by atoms with E-state index in [0.717, 1.165) is 18.8 Å². The first-order chi connectivity index (χ1) is 7.74. The van der Waals surface area contributed by atoms with Crippen molar-refractivity contribution in [3.8, 4) is 5.75 Å². The van der Waals surface area contributed by atoms with Crippen LogP contribution in [0, 0.1) is 13.8 Å². The topological polar surface area (TPSA) is 21.3 Å². The number of rotatable bonds is 6. The van der Waals surface area contributed by atoms with Crippen molar-refractivity contribution in [1.82, 2.24) is 5.32 Å². The highest BCUT2D eigenvalue weighted by Gasteiger charge is 1.97. The Morgan fingerprint density at radius 2 is 2.00 bits per heavy atom. The van der Waals surface area contributed by atoms with Gasteiger partial charge >= 0.3 is 0 Å². The van der Waals surface area contributed by atoms with Crippen molar-refractivity contribution < 1.29 is 4.74 Å². The molecule has 0 aliphatic carbocycles. The van der Waals surface area contributed by atoms with Gasteiger partial charge in [0, 0.05) is 6.54 Å². The van der Waals surface area contributed by atoms with Crippen LogP contribution in [-0.4, -0.2) is 19.7 Å². The van der Waals surface area contributed by atoms with Gasteiger partial charge < -0.3 is 10.1 Å². The van der Waals surface area contributed by atoms with E-state index in [9.17, 15) is 0 Å². The number of nitrogens with one attached hydrogen (secondary N) is 1. The Morgan fingerprint density at radius 3 is 2.65 bits per heavy atom. The molecule has 0 heterocycles. The molecule has 0 amide bonds. The Hall–Kier alpha value is -0.990. The van der Waals surface area contributed by atoms with Crippen molar-refractivity contribution in [1.29, 1.82) is 0 Å². The van der Waals surface area contributed by atoms with Crippen molar-refractivity contribution in [2.75, 3.05) is 19.7 Å². The minimum atomic E-state index is 0. The monoisotopic (exact) mass is 255 g/mol. The third kappa shape index (κ3) is 6.35. The first kappa shape index (κ1) is 16.0. The summed E-state index contributed by atoms with van der Waals surface area (Å²) in [4.78, 5) is 0. The predicted molar refractivity (Wildman–Crippen MR) is 76.3 cm³/mol. The molecular formula is C14H22ClNO. The number of halogens is 1. The molecule has 0 radical (unpaired) electrons. The Kier molecular flexibility index (Phi) is 8.55. The normalized spacial score (nSPS) is 10.3. The van der Waals surface area contributed by atoms with Crippen molar-refractivity contribution in [2.24, 2.45) is 0 Å². The highest BCUT2D eigenvalue weighted by Crippen LogP contribution is 2.18. The van der Waals surface area contributed by atoms with Gasteiger partial charge in [0.2, 0.25) is 0 Å². The molecule has 1 aromatic carbocycles. The molecule has 17 heavy (non-hydrogen) atoms. The molecule has 0 bridgehead atoms. The molecule has 1 rings (SSSR count). The zero-order valence-electron chi connectivity index (χ0n) is 10.8. The molecule has 0 aromatic heterocycles. The van der Waals surface area contributed by atoms with Gasteiger partial charge in [-0.05, 0) is 32.0 Å². The van der Waals surface area contributed by atoms with Crippen LogP contribution < -0.4 is 10.1 Å². The largest absolute Gasteiger partial charge is 0.489 e. The molecule has 1 N–H and O–H groups in total. The third-order valence-electron chi connectivity index (χ3n) is 2.34. The van der Waals surface area contributed by atoms with E-state index in [0.29, 0.717) is 6.61 Å². The van der Waals surface area contributed by atoms with E-state index in [1.165, 1.54) is 11.1 Å². The van der Waals surface area contributed by atoms with Gasteiger partial charge in [-0.3, -0.25) is 0 Å². The average molecular weight is 256 g/mol. The predicted octanol–water partition coefficient (Wildman–Crippen LogP) is 3.27. The molecule has 0 atom stereocenters. The second-order valence-corrected chi connectivity index (χ2v) is 3.86.